The molecule has 0 saturated carbocycles. The molecule has 4 N–H and O–H groups in total. The lowest BCUT2D eigenvalue weighted by Crippen LogP contribution is -2.17. The van der Waals surface area contributed by atoms with Crippen LogP contribution in [0.5, 0.6) is 5.75 Å². The van der Waals surface area contributed by atoms with Crippen LogP contribution in [0, 0.1) is 13.8 Å². The van der Waals surface area contributed by atoms with Gasteiger partial charge in [0.25, 0.3) is 5.91 Å². The molecule has 0 unspecified atom stereocenters. The maximum Gasteiger partial charge on any atom is 0.269 e. The summed E-state index contributed by atoms with van der Waals surface area (Å²) in [6, 6.07) is 3.87. The van der Waals surface area contributed by atoms with Gasteiger partial charge in [0, 0.05) is 17.5 Å². The number of methoxy groups -OCH3 is 1. The SMILES string of the molecule is CCn1ncc2c(-c3c(C)ccc(OC)c3C)c(N)c(C(N)=O)nc21. The van der Waals surface area contributed by atoms with E-state index >= 15 is 0 Å². The molecule has 0 aliphatic carbocycles. The molecular weight excluding hydrogens is 318 g/mol. The molecule has 0 saturated heterocycles. The number of nitrogens with zero attached hydrogens (tertiary/aromatic N) is 3. The summed E-state index contributed by atoms with van der Waals surface area (Å²) in [5, 5.41) is 5.14. The topological polar surface area (TPSA) is 109 Å². The number of anilines is 1. The predicted octanol–water partition coefficient (Wildman–Crippen LogP) is 2.42. The molecule has 3 aromatic rings. The molecule has 0 aliphatic rings. The molecule has 0 aliphatic heterocycles. The number of rotatable bonds is 4. The highest BCUT2D eigenvalue weighted by Gasteiger charge is 2.23. The summed E-state index contributed by atoms with van der Waals surface area (Å²) >= 11 is 0. The number of aryl methyl sites for hydroxylation is 2. The standard InChI is InChI=1S/C18H21N5O2/c1-5-23-18-11(8-21-23)14(15(19)16(22-18)17(20)24)13-9(2)6-7-12(25-4)10(13)3/h6-8H,5,19H2,1-4H3,(H2,20,24). The smallest absolute Gasteiger partial charge is 0.269 e. The molecule has 2 aromatic heterocycles. The van der Waals surface area contributed by atoms with E-state index in [9.17, 15) is 4.79 Å². The molecule has 3 rings (SSSR count). The fraction of sp³-hybridized carbons (Fsp3) is 0.278. The van der Waals surface area contributed by atoms with E-state index in [0.717, 1.165) is 27.8 Å². The second kappa shape index (κ2) is 6.08. The highest BCUT2D eigenvalue weighted by Crippen LogP contribution is 2.41. The van der Waals surface area contributed by atoms with E-state index < -0.39 is 5.91 Å². The third-order valence-electron chi connectivity index (χ3n) is 4.45. The van der Waals surface area contributed by atoms with Gasteiger partial charge in [-0.1, -0.05) is 6.07 Å². The van der Waals surface area contributed by atoms with Crippen molar-refractivity contribution in [2.24, 2.45) is 5.73 Å². The van der Waals surface area contributed by atoms with Crippen LogP contribution in [-0.2, 0) is 6.54 Å². The van der Waals surface area contributed by atoms with Gasteiger partial charge in [-0.05, 0) is 43.5 Å². The van der Waals surface area contributed by atoms with E-state index in [-0.39, 0.29) is 11.4 Å². The van der Waals surface area contributed by atoms with E-state index in [4.69, 9.17) is 16.2 Å². The first-order chi connectivity index (χ1) is 11.9. The minimum Gasteiger partial charge on any atom is -0.496 e. The van der Waals surface area contributed by atoms with Crippen molar-refractivity contribution in [3.63, 3.8) is 0 Å². The lowest BCUT2D eigenvalue weighted by Gasteiger charge is -2.17. The van der Waals surface area contributed by atoms with Crippen LogP contribution < -0.4 is 16.2 Å². The van der Waals surface area contributed by atoms with E-state index in [1.807, 2.05) is 32.9 Å². The lowest BCUT2D eigenvalue weighted by atomic mass is 9.92. The second-order valence-electron chi connectivity index (χ2n) is 5.90. The summed E-state index contributed by atoms with van der Waals surface area (Å²) < 4.78 is 7.17. The van der Waals surface area contributed by atoms with E-state index in [0.29, 0.717) is 17.8 Å². The summed E-state index contributed by atoms with van der Waals surface area (Å²) in [6.45, 7) is 6.52. The van der Waals surface area contributed by atoms with Crippen LogP contribution in [0.4, 0.5) is 5.69 Å². The zero-order chi connectivity index (χ0) is 18.3. The molecule has 0 bridgehead atoms. The molecule has 2 heterocycles. The Kier molecular flexibility index (Phi) is 4.08. The molecule has 0 atom stereocenters. The number of aromatic nitrogens is 3. The number of hydrogen-bond donors (Lipinski definition) is 2. The zero-order valence-electron chi connectivity index (χ0n) is 14.8. The van der Waals surface area contributed by atoms with Crippen molar-refractivity contribution in [1.82, 2.24) is 14.8 Å². The molecular formula is C18H21N5O2. The largest absolute Gasteiger partial charge is 0.496 e. The molecule has 0 fully saturated rings. The monoisotopic (exact) mass is 339 g/mol. The fourth-order valence-corrected chi connectivity index (χ4v) is 3.23. The Labute approximate surface area is 145 Å². The van der Waals surface area contributed by atoms with Gasteiger partial charge < -0.3 is 16.2 Å². The molecule has 130 valence electrons. The lowest BCUT2D eigenvalue weighted by molar-refractivity contribution is 0.0997. The quantitative estimate of drug-likeness (QED) is 0.758. The van der Waals surface area contributed by atoms with Crippen molar-refractivity contribution in [1.29, 1.82) is 0 Å². The maximum absolute atomic E-state index is 11.9. The number of nitrogens with two attached hydrogens (primary N) is 2. The van der Waals surface area contributed by atoms with Gasteiger partial charge in [-0.2, -0.15) is 5.10 Å². The van der Waals surface area contributed by atoms with Crippen molar-refractivity contribution >= 4 is 22.6 Å². The Hall–Kier alpha value is -3.09. The maximum atomic E-state index is 11.9. The predicted molar refractivity (Wildman–Crippen MR) is 97.6 cm³/mol. The highest BCUT2D eigenvalue weighted by molar-refractivity contribution is 6.08. The number of ether oxygens (including phenoxy) is 1. The molecule has 1 aromatic carbocycles. The van der Waals surface area contributed by atoms with Crippen molar-refractivity contribution in [3.05, 3.63) is 35.2 Å². The van der Waals surface area contributed by atoms with Gasteiger partial charge in [0.15, 0.2) is 11.3 Å². The number of carbonyl (C=O) groups excluding carboxylic acids is 1. The molecule has 0 spiro atoms. The van der Waals surface area contributed by atoms with Crippen LogP contribution >= 0.6 is 0 Å². The molecule has 7 heteroatoms. The zero-order valence-corrected chi connectivity index (χ0v) is 14.8. The van der Waals surface area contributed by atoms with Crippen molar-refractivity contribution < 1.29 is 9.53 Å². The van der Waals surface area contributed by atoms with Crippen molar-refractivity contribution in [3.8, 4) is 16.9 Å². The van der Waals surface area contributed by atoms with Crippen LogP contribution in [0.25, 0.3) is 22.2 Å². The third-order valence-corrected chi connectivity index (χ3v) is 4.45. The minimum absolute atomic E-state index is 0.0549. The summed E-state index contributed by atoms with van der Waals surface area (Å²) in [4.78, 5) is 16.3. The first-order valence-electron chi connectivity index (χ1n) is 8.00. The molecule has 7 nitrogen and oxygen atoms in total. The number of fused-ring (bicyclic) bond motifs is 1. The van der Waals surface area contributed by atoms with Crippen molar-refractivity contribution in [2.75, 3.05) is 12.8 Å². The fourth-order valence-electron chi connectivity index (χ4n) is 3.23. The van der Waals surface area contributed by atoms with Crippen LogP contribution in [0.2, 0.25) is 0 Å². The first-order valence-corrected chi connectivity index (χ1v) is 8.00. The Morgan fingerprint density at radius 3 is 2.60 bits per heavy atom. The number of amides is 1. The van der Waals surface area contributed by atoms with E-state index in [2.05, 4.69) is 10.1 Å². The Bertz CT molecular complexity index is 991. The van der Waals surface area contributed by atoms with Gasteiger partial charge in [0.2, 0.25) is 0 Å². The van der Waals surface area contributed by atoms with Gasteiger partial charge >= 0.3 is 0 Å². The molecule has 0 radical (unpaired) electrons. The van der Waals surface area contributed by atoms with Crippen LogP contribution in [-0.4, -0.2) is 27.8 Å². The second-order valence-corrected chi connectivity index (χ2v) is 5.90. The van der Waals surface area contributed by atoms with Crippen LogP contribution in [0.15, 0.2) is 18.3 Å². The Balaban J connectivity index is 2.50. The number of nitrogen functional groups attached to an aromatic ring is 1. The average molecular weight is 339 g/mol. The minimum atomic E-state index is -0.664. The summed E-state index contributed by atoms with van der Waals surface area (Å²) in [5.74, 6) is 0.0798. The normalized spacial score (nSPS) is 11.0. The third kappa shape index (κ3) is 2.48. The number of benzene rings is 1. The number of hydrogen-bond acceptors (Lipinski definition) is 5. The number of primary amides is 1. The van der Waals surface area contributed by atoms with Gasteiger partial charge in [-0.3, -0.25) is 4.79 Å². The van der Waals surface area contributed by atoms with E-state index in [1.54, 1.807) is 18.0 Å². The Morgan fingerprint density at radius 1 is 1.28 bits per heavy atom. The van der Waals surface area contributed by atoms with E-state index in [1.165, 1.54) is 0 Å². The van der Waals surface area contributed by atoms with Gasteiger partial charge in [0.05, 0.1) is 19.0 Å². The molecule has 25 heavy (non-hydrogen) atoms. The number of carbonyl (C=O) groups is 1. The van der Waals surface area contributed by atoms with Crippen LogP contribution in [0.3, 0.4) is 0 Å². The Morgan fingerprint density at radius 2 is 2.00 bits per heavy atom. The van der Waals surface area contributed by atoms with Crippen molar-refractivity contribution in [2.45, 2.75) is 27.3 Å². The summed E-state index contributed by atoms with van der Waals surface area (Å²) in [6.07, 6.45) is 1.72. The van der Waals surface area contributed by atoms with Gasteiger partial charge in [-0.25, -0.2) is 9.67 Å². The average Bonchev–Trinajstić information content (AvgIpc) is 2.98. The summed E-state index contributed by atoms with van der Waals surface area (Å²) in [7, 11) is 1.62. The summed E-state index contributed by atoms with van der Waals surface area (Å²) in [5.41, 5.74) is 16.3. The van der Waals surface area contributed by atoms with Gasteiger partial charge in [-0.15, -0.1) is 0 Å². The van der Waals surface area contributed by atoms with Crippen LogP contribution in [0.1, 0.15) is 28.5 Å². The first kappa shape index (κ1) is 16.8. The highest BCUT2D eigenvalue weighted by atomic mass is 16.5. The van der Waals surface area contributed by atoms with Gasteiger partial charge in [0.1, 0.15) is 5.75 Å². The number of pyridine rings is 1. The molecule has 1 amide bonds.